The number of halogens is 2. The molecule has 0 aromatic heterocycles. The van der Waals surface area contributed by atoms with E-state index in [1.54, 1.807) is 11.8 Å². The molecule has 3 nitrogen and oxygen atoms in total. The van der Waals surface area contributed by atoms with Crippen LogP contribution in [0.5, 0.6) is 0 Å². The summed E-state index contributed by atoms with van der Waals surface area (Å²) in [5, 5.41) is 9.31. The molecule has 1 fully saturated rings. The Morgan fingerprint density at radius 1 is 1.40 bits per heavy atom. The van der Waals surface area contributed by atoms with Gasteiger partial charge < -0.3 is 5.11 Å². The molecular weight excluding hydrogens is 264 g/mol. The van der Waals surface area contributed by atoms with Gasteiger partial charge in [0.25, 0.3) is 0 Å². The maximum Gasteiger partial charge on any atom is 0.321 e. The molecule has 1 aromatic rings. The molecule has 1 N–H and O–H groups in total. The molecule has 2 rings (SSSR count). The summed E-state index contributed by atoms with van der Waals surface area (Å²) in [6.07, 6.45) is 0.747. The number of nitrogens with zero attached hydrogens (tertiary/aromatic N) is 1. The van der Waals surface area contributed by atoms with Crippen molar-refractivity contribution in [2.24, 2.45) is 5.92 Å². The minimum absolute atomic E-state index is 0.00769. The number of hydrogen-bond donors (Lipinski definition) is 1. The van der Waals surface area contributed by atoms with Crippen LogP contribution in [0.15, 0.2) is 12.1 Å². The number of carboxylic acid groups (broad SMARTS) is 1. The predicted octanol–water partition coefficient (Wildman–Crippen LogP) is 3.13. The summed E-state index contributed by atoms with van der Waals surface area (Å²) < 4.78 is 27.7. The number of benzene rings is 1. The molecule has 1 aliphatic heterocycles. The summed E-state index contributed by atoms with van der Waals surface area (Å²) in [6, 6.07) is 1.23. The van der Waals surface area contributed by atoms with Crippen molar-refractivity contribution in [3.63, 3.8) is 0 Å². The third-order valence-corrected chi connectivity index (χ3v) is 4.22. The van der Waals surface area contributed by atoms with Crippen LogP contribution in [0.2, 0.25) is 0 Å². The summed E-state index contributed by atoms with van der Waals surface area (Å²) in [6.45, 7) is 5.68. The Morgan fingerprint density at radius 3 is 2.65 bits per heavy atom. The number of aryl methyl sites for hydroxylation is 1. The van der Waals surface area contributed by atoms with Crippen molar-refractivity contribution in [1.82, 2.24) is 4.90 Å². The second kappa shape index (κ2) is 5.48. The minimum atomic E-state index is -0.908. The molecule has 5 heteroatoms. The van der Waals surface area contributed by atoms with Gasteiger partial charge in [0.1, 0.15) is 17.7 Å². The summed E-state index contributed by atoms with van der Waals surface area (Å²) in [7, 11) is 0. The number of carbonyl (C=O) groups is 1. The lowest BCUT2D eigenvalue weighted by atomic mass is 10.00. The van der Waals surface area contributed by atoms with Crippen LogP contribution in [0.3, 0.4) is 0 Å². The van der Waals surface area contributed by atoms with Crippen LogP contribution < -0.4 is 0 Å². The van der Waals surface area contributed by atoms with Crippen LogP contribution in [0.1, 0.15) is 37.4 Å². The van der Waals surface area contributed by atoms with Crippen LogP contribution in [0.25, 0.3) is 0 Å². The Labute approximate surface area is 117 Å². The van der Waals surface area contributed by atoms with E-state index in [0.717, 1.165) is 12.5 Å². The third kappa shape index (κ3) is 2.54. The van der Waals surface area contributed by atoms with Gasteiger partial charge in [-0.15, -0.1) is 0 Å². The lowest BCUT2D eigenvalue weighted by molar-refractivity contribution is -0.144. The standard InChI is InChI=1S/C15H19F2NO2/c1-8-4-5-18(14(8)15(19)20)10(3)11-7-12(16)9(2)6-13(11)17/h6-8,10,14H,4-5H2,1-3H3,(H,19,20). The Hall–Kier alpha value is -1.49. The number of likely N-dealkylation sites (tertiary alicyclic amines) is 1. The first-order chi connectivity index (χ1) is 9.32. The fourth-order valence-corrected chi connectivity index (χ4v) is 2.96. The lowest BCUT2D eigenvalue weighted by Crippen LogP contribution is -2.40. The molecule has 110 valence electrons. The minimum Gasteiger partial charge on any atom is -0.480 e. The highest BCUT2D eigenvalue weighted by Gasteiger charge is 2.40. The van der Waals surface area contributed by atoms with Gasteiger partial charge in [-0.05, 0) is 50.4 Å². The van der Waals surface area contributed by atoms with Crippen molar-refractivity contribution in [2.45, 2.75) is 39.3 Å². The normalized spacial score (nSPS) is 24.9. The molecule has 0 radical (unpaired) electrons. The van der Waals surface area contributed by atoms with E-state index in [9.17, 15) is 18.7 Å². The first-order valence-corrected chi connectivity index (χ1v) is 6.77. The van der Waals surface area contributed by atoms with Crippen molar-refractivity contribution in [3.8, 4) is 0 Å². The van der Waals surface area contributed by atoms with E-state index < -0.39 is 29.7 Å². The molecule has 0 amide bonds. The summed E-state index contributed by atoms with van der Waals surface area (Å²) in [5.41, 5.74) is 0.469. The molecule has 0 aliphatic carbocycles. The van der Waals surface area contributed by atoms with Crippen LogP contribution in [-0.4, -0.2) is 28.6 Å². The second-order valence-corrected chi connectivity index (χ2v) is 5.59. The molecule has 3 unspecified atom stereocenters. The van der Waals surface area contributed by atoms with Gasteiger partial charge in [-0.3, -0.25) is 9.69 Å². The Morgan fingerprint density at radius 2 is 2.05 bits per heavy atom. The Kier molecular flexibility index (Phi) is 4.09. The molecule has 1 aromatic carbocycles. The highest BCUT2D eigenvalue weighted by molar-refractivity contribution is 5.74. The molecule has 0 bridgehead atoms. The predicted molar refractivity (Wildman–Crippen MR) is 71.4 cm³/mol. The maximum absolute atomic E-state index is 14.0. The fourth-order valence-electron chi connectivity index (χ4n) is 2.96. The molecule has 3 atom stereocenters. The monoisotopic (exact) mass is 283 g/mol. The average Bonchev–Trinajstić information content (AvgIpc) is 2.75. The van der Waals surface area contributed by atoms with Crippen LogP contribution in [0.4, 0.5) is 8.78 Å². The van der Waals surface area contributed by atoms with E-state index in [-0.39, 0.29) is 17.0 Å². The van der Waals surface area contributed by atoms with Gasteiger partial charge in [-0.2, -0.15) is 0 Å². The highest BCUT2D eigenvalue weighted by atomic mass is 19.1. The number of carboxylic acids is 1. The van der Waals surface area contributed by atoms with E-state index in [0.29, 0.717) is 6.54 Å². The highest BCUT2D eigenvalue weighted by Crippen LogP contribution is 2.34. The van der Waals surface area contributed by atoms with Crippen molar-refractivity contribution in [1.29, 1.82) is 0 Å². The molecule has 20 heavy (non-hydrogen) atoms. The zero-order chi connectivity index (χ0) is 15.0. The SMILES string of the molecule is Cc1cc(F)c(C(C)N2CCC(C)C2C(=O)O)cc1F. The van der Waals surface area contributed by atoms with Crippen LogP contribution in [-0.2, 0) is 4.79 Å². The van der Waals surface area contributed by atoms with Gasteiger partial charge in [0.05, 0.1) is 0 Å². The van der Waals surface area contributed by atoms with Gasteiger partial charge in [0.2, 0.25) is 0 Å². The van der Waals surface area contributed by atoms with E-state index in [4.69, 9.17) is 0 Å². The van der Waals surface area contributed by atoms with Gasteiger partial charge in [-0.1, -0.05) is 6.92 Å². The summed E-state index contributed by atoms with van der Waals surface area (Å²) in [5.74, 6) is -1.85. The average molecular weight is 283 g/mol. The van der Waals surface area contributed by atoms with Crippen molar-refractivity contribution in [2.75, 3.05) is 6.54 Å². The molecule has 0 saturated carbocycles. The van der Waals surface area contributed by atoms with Crippen LogP contribution >= 0.6 is 0 Å². The third-order valence-electron chi connectivity index (χ3n) is 4.22. The zero-order valence-corrected chi connectivity index (χ0v) is 11.9. The number of aliphatic carboxylic acids is 1. The van der Waals surface area contributed by atoms with Gasteiger partial charge >= 0.3 is 5.97 Å². The Bertz CT molecular complexity index is 533. The fraction of sp³-hybridized carbons (Fsp3) is 0.533. The van der Waals surface area contributed by atoms with Crippen LogP contribution in [0, 0.1) is 24.5 Å². The second-order valence-electron chi connectivity index (χ2n) is 5.59. The lowest BCUT2D eigenvalue weighted by Gasteiger charge is -2.30. The van der Waals surface area contributed by atoms with Crippen molar-refractivity contribution in [3.05, 3.63) is 34.9 Å². The smallest absolute Gasteiger partial charge is 0.321 e. The summed E-state index contributed by atoms with van der Waals surface area (Å²) in [4.78, 5) is 13.1. The summed E-state index contributed by atoms with van der Waals surface area (Å²) >= 11 is 0. The molecule has 1 heterocycles. The first kappa shape index (κ1) is 14.9. The van der Waals surface area contributed by atoms with E-state index >= 15 is 0 Å². The molecular formula is C15H19F2NO2. The maximum atomic E-state index is 14.0. The molecule has 1 saturated heterocycles. The van der Waals surface area contributed by atoms with Gasteiger partial charge in [0, 0.05) is 11.6 Å². The molecule has 1 aliphatic rings. The first-order valence-electron chi connectivity index (χ1n) is 6.77. The topological polar surface area (TPSA) is 40.5 Å². The Balaban J connectivity index is 2.34. The van der Waals surface area contributed by atoms with Crippen molar-refractivity contribution < 1.29 is 18.7 Å². The van der Waals surface area contributed by atoms with Crippen molar-refractivity contribution >= 4 is 5.97 Å². The largest absolute Gasteiger partial charge is 0.480 e. The van der Waals surface area contributed by atoms with E-state index in [1.807, 2.05) is 6.92 Å². The van der Waals surface area contributed by atoms with Gasteiger partial charge in [0.15, 0.2) is 0 Å². The zero-order valence-electron chi connectivity index (χ0n) is 11.9. The quantitative estimate of drug-likeness (QED) is 0.926. The molecule has 0 spiro atoms. The van der Waals surface area contributed by atoms with E-state index in [1.165, 1.54) is 13.0 Å². The van der Waals surface area contributed by atoms with E-state index in [2.05, 4.69) is 0 Å². The number of hydrogen-bond acceptors (Lipinski definition) is 2. The van der Waals surface area contributed by atoms with Gasteiger partial charge in [-0.25, -0.2) is 8.78 Å². The number of rotatable bonds is 3.